The number of anilines is 2. The van der Waals surface area contributed by atoms with Crippen molar-refractivity contribution in [3.63, 3.8) is 0 Å². The molecule has 8 nitrogen and oxygen atoms in total. The summed E-state index contributed by atoms with van der Waals surface area (Å²) in [5.74, 6) is -1.32. The maximum atomic E-state index is 13.1. The number of nitrogens with zero attached hydrogens (tertiary/aromatic N) is 1. The molecule has 4 rings (SSSR count). The smallest absolute Gasteiger partial charge is 0.335 e. The highest BCUT2D eigenvalue weighted by Gasteiger charge is 2.36. The maximum absolute atomic E-state index is 13.1. The lowest BCUT2D eigenvalue weighted by atomic mass is 10.1. The van der Waals surface area contributed by atoms with Crippen LogP contribution in [-0.2, 0) is 14.4 Å². The predicted octanol–water partition coefficient (Wildman–Crippen LogP) is 4.60. The lowest BCUT2D eigenvalue weighted by Crippen LogP contribution is -2.54. The van der Waals surface area contributed by atoms with Crippen LogP contribution >= 0.6 is 0 Å². The number of hydrogen-bond donors (Lipinski definition) is 2. The Morgan fingerprint density at radius 2 is 1.62 bits per heavy atom. The van der Waals surface area contributed by atoms with Gasteiger partial charge in [-0.05, 0) is 86.4 Å². The first kappa shape index (κ1) is 25.4. The normalized spacial score (nSPS) is 14.5. The van der Waals surface area contributed by atoms with E-state index in [1.54, 1.807) is 36.4 Å². The molecular weight excluding hydrogens is 470 g/mol. The van der Waals surface area contributed by atoms with Gasteiger partial charge >= 0.3 is 6.03 Å². The Morgan fingerprint density at radius 3 is 2.30 bits per heavy atom. The molecular formula is C29H27N3O5. The second kappa shape index (κ2) is 10.5. The second-order valence-corrected chi connectivity index (χ2v) is 8.95. The van der Waals surface area contributed by atoms with E-state index in [0.717, 1.165) is 32.8 Å². The first-order valence-corrected chi connectivity index (χ1v) is 11.7. The van der Waals surface area contributed by atoms with E-state index in [2.05, 4.69) is 10.6 Å². The van der Waals surface area contributed by atoms with Crippen molar-refractivity contribution < 1.29 is 23.9 Å². The van der Waals surface area contributed by atoms with Gasteiger partial charge in [0.1, 0.15) is 11.3 Å². The van der Waals surface area contributed by atoms with Gasteiger partial charge in [-0.15, -0.1) is 0 Å². The van der Waals surface area contributed by atoms with E-state index in [-0.39, 0.29) is 18.1 Å². The van der Waals surface area contributed by atoms with Crippen molar-refractivity contribution in [1.29, 1.82) is 0 Å². The number of carbonyl (C=O) groups excluding carboxylic acids is 4. The number of rotatable bonds is 6. The molecule has 3 aromatic rings. The molecule has 5 amide bonds. The Bertz CT molecular complexity index is 1440. The lowest BCUT2D eigenvalue weighted by Gasteiger charge is -2.26. The molecule has 0 unspecified atom stereocenters. The average molecular weight is 498 g/mol. The summed E-state index contributed by atoms with van der Waals surface area (Å²) in [5, 5.41) is 5.05. The van der Waals surface area contributed by atoms with E-state index in [1.165, 1.54) is 6.08 Å². The minimum absolute atomic E-state index is 0.167. The standard InChI is InChI=1S/C29H27N3O5/c1-17-5-12-25(20(4)13-17)30-26(33)16-37-23-10-7-21(8-11-23)15-24-27(34)31-29(36)32(28(24)35)22-9-6-18(2)19(3)14-22/h5-15H,16H2,1-4H3,(H,30,33)(H,31,34,36)/b24-15-. The van der Waals surface area contributed by atoms with E-state index in [9.17, 15) is 19.2 Å². The fourth-order valence-corrected chi connectivity index (χ4v) is 3.87. The lowest BCUT2D eigenvalue weighted by molar-refractivity contribution is -0.122. The molecule has 0 bridgehead atoms. The Hall–Kier alpha value is -4.72. The monoisotopic (exact) mass is 497 g/mol. The quantitative estimate of drug-likeness (QED) is 0.382. The van der Waals surface area contributed by atoms with Crippen molar-refractivity contribution >= 4 is 41.2 Å². The van der Waals surface area contributed by atoms with Gasteiger partial charge in [0.15, 0.2) is 6.61 Å². The number of nitrogens with one attached hydrogen (secondary N) is 2. The van der Waals surface area contributed by atoms with E-state index in [4.69, 9.17) is 4.74 Å². The highest BCUT2D eigenvalue weighted by atomic mass is 16.5. The molecule has 3 aromatic carbocycles. The summed E-state index contributed by atoms with van der Waals surface area (Å²) < 4.78 is 5.57. The summed E-state index contributed by atoms with van der Waals surface area (Å²) in [6, 6.07) is 16.7. The minimum atomic E-state index is -0.793. The molecule has 1 aliphatic heterocycles. The number of aryl methyl sites for hydroxylation is 4. The van der Waals surface area contributed by atoms with Gasteiger partial charge in [0, 0.05) is 5.69 Å². The molecule has 0 aliphatic carbocycles. The van der Waals surface area contributed by atoms with E-state index < -0.39 is 17.8 Å². The molecule has 1 saturated heterocycles. The number of imide groups is 2. The van der Waals surface area contributed by atoms with Gasteiger partial charge < -0.3 is 10.1 Å². The Morgan fingerprint density at radius 1 is 0.892 bits per heavy atom. The van der Waals surface area contributed by atoms with Crippen LogP contribution in [0.1, 0.15) is 27.8 Å². The summed E-state index contributed by atoms with van der Waals surface area (Å²) in [6.45, 7) is 7.53. The van der Waals surface area contributed by atoms with Crippen LogP contribution in [0.2, 0.25) is 0 Å². The number of hydrogen-bond acceptors (Lipinski definition) is 5. The van der Waals surface area contributed by atoms with Gasteiger partial charge in [-0.2, -0.15) is 0 Å². The van der Waals surface area contributed by atoms with Crippen LogP contribution in [-0.4, -0.2) is 30.4 Å². The summed E-state index contributed by atoms with van der Waals surface area (Å²) in [6.07, 6.45) is 1.41. The third kappa shape index (κ3) is 5.75. The number of ether oxygens (including phenoxy) is 1. The molecule has 1 fully saturated rings. The second-order valence-electron chi connectivity index (χ2n) is 8.95. The number of carbonyl (C=O) groups is 4. The fraction of sp³-hybridized carbons (Fsp3) is 0.172. The maximum Gasteiger partial charge on any atom is 0.335 e. The van der Waals surface area contributed by atoms with Gasteiger partial charge in [0.05, 0.1) is 5.69 Å². The Kier molecular flexibility index (Phi) is 7.20. The molecule has 0 aromatic heterocycles. The minimum Gasteiger partial charge on any atom is -0.484 e. The molecule has 1 heterocycles. The van der Waals surface area contributed by atoms with Gasteiger partial charge in [0.25, 0.3) is 17.7 Å². The number of barbiturate groups is 1. The zero-order valence-electron chi connectivity index (χ0n) is 21.0. The van der Waals surface area contributed by atoms with Crippen LogP contribution in [0.15, 0.2) is 66.2 Å². The highest BCUT2D eigenvalue weighted by molar-refractivity contribution is 6.39. The number of benzene rings is 3. The Balaban J connectivity index is 1.44. The van der Waals surface area contributed by atoms with Gasteiger partial charge in [0.2, 0.25) is 0 Å². The summed E-state index contributed by atoms with van der Waals surface area (Å²) in [7, 11) is 0. The fourth-order valence-electron chi connectivity index (χ4n) is 3.87. The van der Waals surface area contributed by atoms with Crippen molar-refractivity contribution in [2.45, 2.75) is 27.7 Å². The zero-order valence-corrected chi connectivity index (χ0v) is 21.0. The van der Waals surface area contributed by atoms with Gasteiger partial charge in [-0.3, -0.25) is 19.7 Å². The van der Waals surface area contributed by atoms with Crippen molar-refractivity contribution in [2.75, 3.05) is 16.8 Å². The van der Waals surface area contributed by atoms with Crippen LogP contribution in [0, 0.1) is 27.7 Å². The molecule has 2 N–H and O–H groups in total. The van der Waals surface area contributed by atoms with Crippen LogP contribution in [0.4, 0.5) is 16.2 Å². The summed E-state index contributed by atoms with van der Waals surface area (Å²) in [5.41, 5.74) is 5.50. The van der Waals surface area contributed by atoms with Crippen LogP contribution in [0.25, 0.3) is 6.08 Å². The molecule has 8 heteroatoms. The summed E-state index contributed by atoms with van der Waals surface area (Å²) in [4.78, 5) is 51.2. The molecule has 1 aliphatic rings. The molecule has 0 saturated carbocycles. The molecule has 0 spiro atoms. The number of urea groups is 1. The molecule has 188 valence electrons. The predicted molar refractivity (Wildman–Crippen MR) is 141 cm³/mol. The molecule has 0 atom stereocenters. The third-order valence-corrected chi connectivity index (χ3v) is 6.07. The average Bonchev–Trinajstić information content (AvgIpc) is 2.85. The van der Waals surface area contributed by atoms with E-state index in [1.807, 2.05) is 52.0 Å². The van der Waals surface area contributed by atoms with Crippen molar-refractivity contribution in [3.05, 3.63) is 94.1 Å². The van der Waals surface area contributed by atoms with Crippen molar-refractivity contribution in [1.82, 2.24) is 5.32 Å². The van der Waals surface area contributed by atoms with Crippen molar-refractivity contribution in [2.24, 2.45) is 0 Å². The van der Waals surface area contributed by atoms with Crippen LogP contribution in [0.3, 0.4) is 0 Å². The summed E-state index contributed by atoms with van der Waals surface area (Å²) >= 11 is 0. The van der Waals surface area contributed by atoms with E-state index in [0.29, 0.717) is 17.0 Å². The topological polar surface area (TPSA) is 105 Å². The number of amides is 5. The molecule has 0 radical (unpaired) electrons. The Labute approximate surface area is 214 Å². The zero-order chi connectivity index (χ0) is 26.7. The van der Waals surface area contributed by atoms with Crippen molar-refractivity contribution in [3.8, 4) is 5.75 Å². The first-order chi connectivity index (χ1) is 17.6. The van der Waals surface area contributed by atoms with Gasteiger partial charge in [-0.1, -0.05) is 35.9 Å². The van der Waals surface area contributed by atoms with Crippen LogP contribution in [0.5, 0.6) is 5.75 Å². The third-order valence-electron chi connectivity index (χ3n) is 6.07. The first-order valence-electron chi connectivity index (χ1n) is 11.7. The molecule has 37 heavy (non-hydrogen) atoms. The largest absolute Gasteiger partial charge is 0.484 e. The van der Waals surface area contributed by atoms with E-state index >= 15 is 0 Å². The highest BCUT2D eigenvalue weighted by Crippen LogP contribution is 2.25. The SMILES string of the molecule is Cc1ccc(NC(=O)COc2ccc(/C=C3/C(=O)NC(=O)N(c4ccc(C)c(C)c4)C3=O)cc2)c(C)c1. The van der Waals surface area contributed by atoms with Crippen LogP contribution < -0.4 is 20.3 Å². The van der Waals surface area contributed by atoms with Gasteiger partial charge in [-0.25, -0.2) is 9.69 Å².